The molecule has 2 N–H and O–H groups in total. The van der Waals surface area contributed by atoms with E-state index in [1.54, 1.807) is 0 Å². The number of nitrogens with two attached hydrogens (primary N) is 1. The zero-order valence-electron chi connectivity index (χ0n) is 12.2. The summed E-state index contributed by atoms with van der Waals surface area (Å²) < 4.78 is 0. The molecule has 110 valence electrons. The highest BCUT2D eigenvalue weighted by Gasteiger charge is 2.28. The minimum Gasteiger partial charge on any atom is -0.336 e. The first kappa shape index (κ1) is 15.3. The molecule has 0 radical (unpaired) electrons. The van der Waals surface area contributed by atoms with Crippen molar-refractivity contribution in [2.24, 2.45) is 5.73 Å². The van der Waals surface area contributed by atoms with Gasteiger partial charge in [-0.3, -0.25) is 4.79 Å². The summed E-state index contributed by atoms with van der Waals surface area (Å²) in [6.07, 6.45) is 3.97. The first-order chi connectivity index (χ1) is 9.54. The normalized spacial score (nSPS) is 22.6. The van der Waals surface area contributed by atoms with Crippen LogP contribution in [0.2, 0.25) is 5.02 Å². The van der Waals surface area contributed by atoms with Crippen LogP contribution in [0.5, 0.6) is 0 Å². The second-order valence-corrected chi connectivity index (χ2v) is 5.97. The topological polar surface area (TPSA) is 46.3 Å². The van der Waals surface area contributed by atoms with Crippen molar-refractivity contribution >= 4 is 17.5 Å². The van der Waals surface area contributed by atoms with Gasteiger partial charge in [-0.2, -0.15) is 0 Å². The minimum absolute atomic E-state index is 0.0432. The summed E-state index contributed by atoms with van der Waals surface area (Å²) in [5.41, 5.74) is 7.50. The number of carbonyl (C=O) groups is 1. The monoisotopic (exact) mass is 294 g/mol. The van der Waals surface area contributed by atoms with Gasteiger partial charge < -0.3 is 10.6 Å². The Hall–Kier alpha value is -1.06. The Kier molecular flexibility index (Phi) is 5.06. The predicted octanol–water partition coefficient (Wildman–Crippen LogP) is 3.38. The van der Waals surface area contributed by atoms with Crippen molar-refractivity contribution in [1.29, 1.82) is 0 Å². The third kappa shape index (κ3) is 3.15. The lowest BCUT2D eigenvalue weighted by Gasteiger charge is -2.35. The SMILES string of the molecule is CCN(C(=O)c1cccc(C)c1Cl)C1CCC(N)CC1. The number of hydrogen-bond donors (Lipinski definition) is 1. The lowest BCUT2D eigenvalue weighted by Crippen LogP contribution is -2.44. The second-order valence-electron chi connectivity index (χ2n) is 5.60. The Morgan fingerprint density at radius 1 is 1.35 bits per heavy atom. The predicted molar refractivity (Wildman–Crippen MR) is 83.1 cm³/mol. The average Bonchev–Trinajstić information content (AvgIpc) is 2.44. The molecule has 1 aliphatic rings. The number of hydrogen-bond acceptors (Lipinski definition) is 2. The van der Waals surface area contributed by atoms with E-state index in [0.717, 1.165) is 31.2 Å². The molecule has 4 heteroatoms. The molecular weight excluding hydrogens is 272 g/mol. The molecule has 0 saturated heterocycles. The maximum Gasteiger partial charge on any atom is 0.255 e. The van der Waals surface area contributed by atoms with E-state index in [4.69, 9.17) is 17.3 Å². The molecule has 1 fully saturated rings. The van der Waals surface area contributed by atoms with Crippen LogP contribution in [0.15, 0.2) is 18.2 Å². The summed E-state index contributed by atoms with van der Waals surface area (Å²) in [7, 11) is 0. The van der Waals surface area contributed by atoms with E-state index in [0.29, 0.717) is 29.2 Å². The molecule has 0 heterocycles. The van der Waals surface area contributed by atoms with Crippen LogP contribution in [0.3, 0.4) is 0 Å². The van der Waals surface area contributed by atoms with Gasteiger partial charge in [0, 0.05) is 18.6 Å². The van der Waals surface area contributed by atoms with E-state index in [9.17, 15) is 4.79 Å². The number of carbonyl (C=O) groups excluding carboxylic acids is 1. The van der Waals surface area contributed by atoms with Crippen LogP contribution in [0.25, 0.3) is 0 Å². The zero-order chi connectivity index (χ0) is 14.7. The molecule has 2 rings (SSSR count). The fourth-order valence-corrected chi connectivity index (χ4v) is 3.16. The van der Waals surface area contributed by atoms with E-state index in [1.165, 1.54) is 0 Å². The highest BCUT2D eigenvalue weighted by Crippen LogP contribution is 2.26. The molecule has 3 nitrogen and oxygen atoms in total. The second kappa shape index (κ2) is 6.59. The Morgan fingerprint density at radius 3 is 2.60 bits per heavy atom. The summed E-state index contributed by atoms with van der Waals surface area (Å²) in [4.78, 5) is 14.7. The van der Waals surface area contributed by atoms with Crippen molar-refractivity contribution in [1.82, 2.24) is 4.90 Å². The highest BCUT2D eigenvalue weighted by atomic mass is 35.5. The third-order valence-corrected chi connectivity index (χ3v) is 4.71. The van der Waals surface area contributed by atoms with Crippen LogP contribution in [-0.4, -0.2) is 29.4 Å². The van der Waals surface area contributed by atoms with E-state index in [2.05, 4.69) is 0 Å². The van der Waals surface area contributed by atoms with Gasteiger partial charge in [0.15, 0.2) is 0 Å². The largest absolute Gasteiger partial charge is 0.336 e. The standard InChI is InChI=1S/C16H23ClN2O/c1-3-19(13-9-7-12(18)8-10-13)16(20)14-6-4-5-11(2)15(14)17/h4-6,12-13H,3,7-10,18H2,1-2H3. The molecule has 0 bridgehead atoms. The smallest absolute Gasteiger partial charge is 0.255 e. The fourth-order valence-electron chi connectivity index (χ4n) is 2.95. The van der Waals surface area contributed by atoms with Crippen LogP contribution >= 0.6 is 11.6 Å². The van der Waals surface area contributed by atoms with E-state index < -0.39 is 0 Å². The fraction of sp³-hybridized carbons (Fsp3) is 0.562. The zero-order valence-corrected chi connectivity index (χ0v) is 13.0. The van der Waals surface area contributed by atoms with Gasteiger partial charge in [-0.25, -0.2) is 0 Å². The number of amides is 1. The van der Waals surface area contributed by atoms with Crippen molar-refractivity contribution in [3.05, 3.63) is 34.3 Å². The Balaban J connectivity index is 2.19. The van der Waals surface area contributed by atoms with Gasteiger partial charge in [-0.1, -0.05) is 23.7 Å². The molecule has 1 amide bonds. The molecular formula is C16H23ClN2O. The van der Waals surface area contributed by atoms with Crippen LogP contribution in [0.1, 0.15) is 48.5 Å². The number of rotatable bonds is 3. The van der Waals surface area contributed by atoms with Gasteiger partial charge in [0.05, 0.1) is 10.6 Å². The molecule has 1 aromatic rings. The van der Waals surface area contributed by atoms with Crippen LogP contribution in [-0.2, 0) is 0 Å². The quantitative estimate of drug-likeness (QED) is 0.929. The van der Waals surface area contributed by atoms with Gasteiger partial charge in [-0.15, -0.1) is 0 Å². The average molecular weight is 295 g/mol. The van der Waals surface area contributed by atoms with Crippen LogP contribution < -0.4 is 5.73 Å². The molecule has 20 heavy (non-hydrogen) atoms. The first-order valence-electron chi connectivity index (χ1n) is 7.36. The molecule has 1 aliphatic carbocycles. The van der Waals surface area contributed by atoms with E-state index >= 15 is 0 Å². The van der Waals surface area contributed by atoms with Crippen molar-refractivity contribution in [2.45, 2.75) is 51.6 Å². The van der Waals surface area contributed by atoms with Gasteiger partial charge in [0.2, 0.25) is 0 Å². The van der Waals surface area contributed by atoms with Crippen LogP contribution in [0, 0.1) is 6.92 Å². The molecule has 0 unspecified atom stereocenters. The number of nitrogens with zero attached hydrogens (tertiary/aromatic N) is 1. The van der Waals surface area contributed by atoms with Crippen LogP contribution in [0.4, 0.5) is 0 Å². The highest BCUT2D eigenvalue weighted by molar-refractivity contribution is 6.34. The molecule has 0 spiro atoms. The molecule has 0 atom stereocenters. The van der Waals surface area contributed by atoms with E-state index in [1.807, 2.05) is 36.9 Å². The number of halogens is 1. The van der Waals surface area contributed by atoms with Crippen molar-refractivity contribution in [2.75, 3.05) is 6.54 Å². The minimum atomic E-state index is 0.0432. The summed E-state index contributed by atoms with van der Waals surface area (Å²) in [5, 5.41) is 0.573. The maximum absolute atomic E-state index is 12.7. The van der Waals surface area contributed by atoms with Crippen molar-refractivity contribution in [3.63, 3.8) is 0 Å². The third-order valence-electron chi connectivity index (χ3n) is 4.21. The van der Waals surface area contributed by atoms with Gasteiger partial charge >= 0.3 is 0 Å². The number of benzene rings is 1. The van der Waals surface area contributed by atoms with Gasteiger partial charge in [-0.05, 0) is 51.2 Å². The summed E-state index contributed by atoms with van der Waals surface area (Å²) >= 11 is 6.28. The van der Waals surface area contributed by atoms with Gasteiger partial charge in [0.1, 0.15) is 0 Å². The molecule has 1 aromatic carbocycles. The van der Waals surface area contributed by atoms with Crippen molar-refractivity contribution < 1.29 is 4.79 Å². The molecule has 0 aromatic heterocycles. The maximum atomic E-state index is 12.7. The Labute approximate surface area is 126 Å². The first-order valence-corrected chi connectivity index (χ1v) is 7.74. The summed E-state index contributed by atoms with van der Waals surface area (Å²) in [6, 6.07) is 6.22. The lowest BCUT2D eigenvalue weighted by molar-refractivity contribution is 0.0641. The lowest BCUT2D eigenvalue weighted by atomic mass is 9.90. The summed E-state index contributed by atoms with van der Waals surface area (Å²) in [5.74, 6) is 0.0432. The molecule has 0 aliphatic heterocycles. The van der Waals surface area contributed by atoms with E-state index in [-0.39, 0.29) is 5.91 Å². The summed E-state index contributed by atoms with van der Waals surface area (Å²) in [6.45, 7) is 4.66. The number of aryl methyl sites for hydroxylation is 1. The Bertz CT molecular complexity index is 481. The van der Waals surface area contributed by atoms with Gasteiger partial charge in [0.25, 0.3) is 5.91 Å². The molecule has 1 saturated carbocycles. The Morgan fingerprint density at radius 2 is 2.00 bits per heavy atom. The van der Waals surface area contributed by atoms with Crippen molar-refractivity contribution in [3.8, 4) is 0 Å².